The second-order valence-corrected chi connectivity index (χ2v) is 5.05. The maximum absolute atomic E-state index is 12.8. The summed E-state index contributed by atoms with van der Waals surface area (Å²) >= 11 is 0. The first-order valence-electron chi connectivity index (χ1n) is 6.30. The Kier molecular flexibility index (Phi) is 4.10. The number of anilines is 1. The number of hydrogen-bond acceptors (Lipinski definition) is 2. The molecule has 0 spiro atoms. The summed E-state index contributed by atoms with van der Waals surface area (Å²) in [4.78, 5) is 3.51. The van der Waals surface area contributed by atoms with E-state index in [-0.39, 0.29) is 11.8 Å². The van der Waals surface area contributed by atoms with Gasteiger partial charge in [-0.3, -0.25) is 0 Å². The van der Waals surface area contributed by atoms with Crippen molar-refractivity contribution >= 4 is 5.69 Å². The first-order valence-corrected chi connectivity index (χ1v) is 6.30. The minimum atomic E-state index is -4.80. The van der Waals surface area contributed by atoms with Crippen molar-refractivity contribution in [2.45, 2.75) is 12.4 Å². The third-order valence-electron chi connectivity index (χ3n) is 3.44. The summed E-state index contributed by atoms with van der Waals surface area (Å²) in [5.74, 6) is 0. The molecule has 0 unspecified atom stereocenters. The maximum atomic E-state index is 12.8. The average Bonchev–Trinajstić information content (AvgIpc) is 2.37. The molecule has 1 saturated heterocycles. The van der Waals surface area contributed by atoms with Crippen LogP contribution in [0.25, 0.3) is 0 Å². The van der Waals surface area contributed by atoms with Crippen molar-refractivity contribution in [2.24, 2.45) is 0 Å². The molecule has 0 amide bonds. The SMILES string of the molecule is CN1CCN(c2cc(C(F)(F)F)cc(C(F)(F)F)c2)CC1. The molecule has 0 saturated carbocycles. The fourth-order valence-corrected chi connectivity index (χ4v) is 2.19. The Morgan fingerprint density at radius 2 is 1.19 bits per heavy atom. The lowest BCUT2D eigenvalue weighted by molar-refractivity contribution is -0.143. The van der Waals surface area contributed by atoms with E-state index in [0.29, 0.717) is 26.2 Å². The van der Waals surface area contributed by atoms with Gasteiger partial charge in [0.25, 0.3) is 0 Å². The van der Waals surface area contributed by atoms with Crippen LogP contribution >= 0.6 is 0 Å². The van der Waals surface area contributed by atoms with Crippen molar-refractivity contribution in [3.63, 3.8) is 0 Å². The van der Waals surface area contributed by atoms with Crippen LogP contribution < -0.4 is 4.90 Å². The van der Waals surface area contributed by atoms with Crippen LogP contribution in [0.1, 0.15) is 11.1 Å². The standard InChI is InChI=1S/C13H14F6N2/c1-20-2-4-21(5-3-20)11-7-9(12(14,15)16)6-10(8-11)13(17,18)19/h6-8H,2-5H2,1H3. The number of hydrogen-bond donors (Lipinski definition) is 0. The molecule has 1 fully saturated rings. The van der Waals surface area contributed by atoms with Crippen LogP contribution in [-0.4, -0.2) is 38.1 Å². The smallest absolute Gasteiger partial charge is 0.369 e. The fraction of sp³-hybridized carbons (Fsp3) is 0.538. The molecular formula is C13H14F6N2. The Hall–Kier alpha value is -1.44. The van der Waals surface area contributed by atoms with Crippen LogP contribution in [0.15, 0.2) is 18.2 Å². The third-order valence-corrected chi connectivity index (χ3v) is 3.44. The Balaban J connectivity index is 2.41. The summed E-state index contributed by atoms with van der Waals surface area (Å²) in [6.45, 7) is 1.99. The van der Waals surface area contributed by atoms with E-state index in [1.165, 1.54) is 0 Å². The lowest BCUT2D eigenvalue weighted by Gasteiger charge is -2.34. The number of rotatable bonds is 1. The first kappa shape index (κ1) is 15.9. The zero-order valence-electron chi connectivity index (χ0n) is 11.2. The molecular weight excluding hydrogens is 298 g/mol. The Morgan fingerprint density at radius 3 is 1.57 bits per heavy atom. The van der Waals surface area contributed by atoms with Crippen molar-refractivity contribution in [3.05, 3.63) is 29.3 Å². The van der Waals surface area contributed by atoms with Gasteiger partial charge < -0.3 is 9.80 Å². The summed E-state index contributed by atoms with van der Waals surface area (Å²) in [6, 6.07) is 1.71. The normalized spacial score (nSPS) is 18.1. The quantitative estimate of drug-likeness (QED) is 0.733. The van der Waals surface area contributed by atoms with Crippen molar-refractivity contribution < 1.29 is 26.3 Å². The van der Waals surface area contributed by atoms with E-state index >= 15 is 0 Å². The molecule has 1 aliphatic heterocycles. The molecule has 21 heavy (non-hydrogen) atoms. The predicted molar refractivity (Wildman–Crippen MR) is 66.2 cm³/mol. The van der Waals surface area contributed by atoms with E-state index in [2.05, 4.69) is 0 Å². The number of benzene rings is 1. The van der Waals surface area contributed by atoms with Crippen LogP contribution in [0, 0.1) is 0 Å². The molecule has 2 nitrogen and oxygen atoms in total. The van der Waals surface area contributed by atoms with E-state index in [0.717, 1.165) is 12.1 Å². The molecule has 1 aromatic carbocycles. The van der Waals surface area contributed by atoms with Gasteiger partial charge in [-0.1, -0.05) is 0 Å². The van der Waals surface area contributed by atoms with Crippen molar-refractivity contribution in [3.8, 4) is 0 Å². The van der Waals surface area contributed by atoms with Crippen molar-refractivity contribution in [1.29, 1.82) is 0 Å². The Labute approximate surface area is 117 Å². The second kappa shape index (κ2) is 5.40. The van der Waals surface area contributed by atoms with E-state index in [9.17, 15) is 26.3 Å². The predicted octanol–water partition coefficient (Wildman–Crippen LogP) is 3.48. The number of halogens is 6. The summed E-state index contributed by atoms with van der Waals surface area (Å²) < 4.78 is 76.6. The first-order chi connectivity index (χ1) is 9.57. The average molecular weight is 312 g/mol. The highest BCUT2D eigenvalue weighted by molar-refractivity contribution is 5.53. The molecule has 0 atom stereocenters. The van der Waals surface area contributed by atoms with Gasteiger partial charge in [0.2, 0.25) is 0 Å². The van der Waals surface area contributed by atoms with E-state index in [1.54, 1.807) is 4.90 Å². The largest absolute Gasteiger partial charge is 0.416 e. The van der Waals surface area contributed by atoms with Gasteiger partial charge in [0, 0.05) is 31.9 Å². The summed E-state index contributed by atoms with van der Waals surface area (Å²) in [5.41, 5.74) is -2.58. The lowest BCUT2D eigenvalue weighted by atomic mass is 10.1. The molecule has 2 rings (SSSR count). The molecule has 1 aromatic rings. The minimum Gasteiger partial charge on any atom is -0.369 e. The molecule has 0 N–H and O–H groups in total. The molecule has 118 valence electrons. The second-order valence-electron chi connectivity index (χ2n) is 5.05. The van der Waals surface area contributed by atoms with E-state index < -0.39 is 23.5 Å². The van der Waals surface area contributed by atoms with Crippen LogP contribution in [0.4, 0.5) is 32.0 Å². The topological polar surface area (TPSA) is 6.48 Å². The zero-order chi connectivity index (χ0) is 15.8. The van der Waals surface area contributed by atoms with Crippen molar-refractivity contribution in [2.75, 3.05) is 38.1 Å². The van der Waals surface area contributed by atoms with Gasteiger partial charge in [0.1, 0.15) is 0 Å². The molecule has 0 aliphatic carbocycles. The fourth-order valence-electron chi connectivity index (χ4n) is 2.19. The zero-order valence-corrected chi connectivity index (χ0v) is 11.2. The Bertz CT molecular complexity index is 468. The number of piperazine rings is 1. The number of alkyl halides is 6. The van der Waals surface area contributed by atoms with Gasteiger partial charge in [0.05, 0.1) is 11.1 Å². The van der Waals surface area contributed by atoms with Crippen molar-refractivity contribution in [1.82, 2.24) is 4.90 Å². The van der Waals surface area contributed by atoms with Gasteiger partial charge in [-0.05, 0) is 25.2 Å². The van der Waals surface area contributed by atoms with Crippen LogP contribution in [0.5, 0.6) is 0 Å². The van der Waals surface area contributed by atoms with Crippen LogP contribution in [0.3, 0.4) is 0 Å². The molecule has 1 heterocycles. The third kappa shape index (κ3) is 3.81. The van der Waals surface area contributed by atoms with Gasteiger partial charge >= 0.3 is 12.4 Å². The number of likely N-dealkylation sites (N-methyl/N-ethyl adjacent to an activating group) is 1. The number of nitrogens with zero attached hydrogens (tertiary/aromatic N) is 2. The Morgan fingerprint density at radius 1 is 0.762 bits per heavy atom. The molecule has 8 heteroatoms. The monoisotopic (exact) mass is 312 g/mol. The molecule has 0 bridgehead atoms. The summed E-state index contributed by atoms with van der Waals surface area (Å²) in [7, 11) is 1.85. The van der Waals surface area contributed by atoms with Gasteiger partial charge in [-0.2, -0.15) is 26.3 Å². The van der Waals surface area contributed by atoms with E-state index in [4.69, 9.17) is 0 Å². The van der Waals surface area contributed by atoms with Crippen LogP contribution in [-0.2, 0) is 12.4 Å². The lowest BCUT2D eigenvalue weighted by Crippen LogP contribution is -2.44. The van der Waals surface area contributed by atoms with Crippen LogP contribution in [0.2, 0.25) is 0 Å². The highest BCUT2D eigenvalue weighted by Gasteiger charge is 2.37. The highest BCUT2D eigenvalue weighted by atomic mass is 19.4. The van der Waals surface area contributed by atoms with E-state index in [1.807, 2.05) is 11.9 Å². The summed E-state index contributed by atoms with van der Waals surface area (Å²) in [6.07, 6.45) is -9.61. The highest BCUT2D eigenvalue weighted by Crippen LogP contribution is 2.38. The molecule has 1 aliphatic rings. The van der Waals surface area contributed by atoms with Gasteiger partial charge in [-0.25, -0.2) is 0 Å². The molecule has 0 aromatic heterocycles. The van der Waals surface area contributed by atoms with Gasteiger partial charge in [0.15, 0.2) is 0 Å². The maximum Gasteiger partial charge on any atom is 0.416 e. The van der Waals surface area contributed by atoms with Gasteiger partial charge in [-0.15, -0.1) is 0 Å². The minimum absolute atomic E-state index is 0.0368. The summed E-state index contributed by atoms with van der Waals surface area (Å²) in [5, 5.41) is 0. The molecule has 0 radical (unpaired) electrons.